The molecular formula is C20H13ClN2O5. The molecule has 1 heterocycles. The van der Waals surface area contributed by atoms with Gasteiger partial charge >= 0.3 is 5.97 Å². The second-order valence-corrected chi connectivity index (χ2v) is 6.28. The molecular weight excluding hydrogens is 384 g/mol. The first kappa shape index (κ1) is 19.1. The van der Waals surface area contributed by atoms with Crippen LogP contribution in [0.4, 0.5) is 5.69 Å². The summed E-state index contributed by atoms with van der Waals surface area (Å²) in [5, 5.41) is 11.9. The molecule has 0 bridgehead atoms. The van der Waals surface area contributed by atoms with Crippen molar-refractivity contribution in [3.8, 4) is 6.07 Å². The number of carbonyl (C=O) groups is 2. The Hall–Kier alpha value is -3.63. The van der Waals surface area contributed by atoms with Gasteiger partial charge in [-0.25, -0.2) is 4.79 Å². The van der Waals surface area contributed by atoms with Gasteiger partial charge in [-0.15, -0.1) is 0 Å². The van der Waals surface area contributed by atoms with Crippen LogP contribution in [-0.2, 0) is 9.53 Å². The number of fused-ring (bicyclic) bond motifs is 1. The molecule has 3 aromatic rings. The van der Waals surface area contributed by atoms with Crippen molar-refractivity contribution in [1.29, 1.82) is 5.26 Å². The predicted molar refractivity (Wildman–Crippen MR) is 102 cm³/mol. The number of nitrogens with one attached hydrogen (secondary N) is 1. The second-order valence-electron chi connectivity index (χ2n) is 5.84. The van der Waals surface area contributed by atoms with Crippen molar-refractivity contribution in [2.24, 2.45) is 0 Å². The smallest absolute Gasteiger partial charge is 0.375 e. The summed E-state index contributed by atoms with van der Waals surface area (Å²) in [6.45, 7) is 1.38. The van der Waals surface area contributed by atoms with Gasteiger partial charge in [0.1, 0.15) is 5.58 Å². The minimum atomic E-state index is -1.14. The number of hydrogen-bond donors (Lipinski definition) is 1. The van der Waals surface area contributed by atoms with Crippen LogP contribution in [0.3, 0.4) is 0 Å². The van der Waals surface area contributed by atoms with E-state index < -0.39 is 23.4 Å². The summed E-state index contributed by atoms with van der Waals surface area (Å²) in [6, 6.07) is 13.6. The predicted octanol–water partition coefficient (Wildman–Crippen LogP) is 3.50. The number of ether oxygens (including phenoxy) is 1. The minimum Gasteiger partial charge on any atom is -0.449 e. The van der Waals surface area contributed by atoms with Gasteiger partial charge in [-0.2, -0.15) is 5.26 Å². The zero-order valence-electron chi connectivity index (χ0n) is 14.6. The fraction of sp³-hybridized carbons (Fsp3) is 0.100. The van der Waals surface area contributed by atoms with Crippen molar-refractivity contribution in [2.45, 2.75) is 13.0 Å². The largest absolute Gasteiger partial charge is 0.449 e. The third-order valence-corrected chi connectivity index (χ3v) is 4.06. The Kier molecular flexibility index (Phi) is 5.43. The molecule has 0 fully saturated rings. The number of nitriles is 1. The molecule has 1 amide bonds. The molecule has 2 aromatic carbocycles. The van der Waals surface area contributed by atoms with E-state index in [0.29, 0.717) is 16.3 Å². The topological polar surface area (TPSA) is 109 Å². The summed E-state index contributed by atoms with van der Waals surface area (Å²) in [4.78, 5) is 36.6. The zero-order chi connectivity index (χ0) is 20.3. The number of anilines is 1. The molecule has 3 rings (SSSR count). The quantitative estimate of drug-likeness (QED) is 0.676. The highest BCUT2D eigenvalue weighted by Gasteiger charge is 2.21. The number of benzene rings is 2. The van der Waals surface area contributed by atoms with Crippen molar-refractivity contribution in [3.63, 3.8) is 0 Å². The Labute approximate surface area is 164 Å². The van der Waals surface area contributed by atoms with Crippen LogP contribution in [0.25, 0.3) is 11.0 Å². The molecule has 0 spiro atoms. The average molecular weight is 397 g/mol. The van der Waals surface area contributed by atoms with Gasteiger partial charge in [-0.3, -0.25) is 9.59 Å². The van der Waals surface area contributed by atoms with Crippen LogP contribution in [0.5, 0.6) is 0 Å². The van der Waals surface area contributed by atoms with E-state index in [-0.39, 0.29) is 16.7 Å². The van der Waals surface area contributed by atoms with Gasteiger partial charge in [0.15, 0.2) is 11.5 Å². The van der Waals surface area contributed by atoms with Crippen LogP contribution in [0.2, 0.25) is 5.02 Å². The van der Waals surface area contributed by atoms with E-state index in [0.717, 1.165) is 6.07 Å². The molecule has 0 aliphatic carbocycles. The molecule has 7 nitrogen and oxygen atoms in total. The van der Waals surface area contributed by atoms with Crippen molar-refractivity contribution in [2.75, 3.05) is 5.32 Å². The van der Waals surface area contributed by atoms with E-state index >= 15 is 0 Å². The van der Waals surface area contributed by atoms with E-state index in [9.17, 15) is 14.4 Å². The van der Waals surface area contributed by atoms with E-state index in [4.69, 9.17) is 26.0 Å². The Morgan fingerprint density at radius 1 is 1.18 bits per heavy atom. The normalized spacial score (nSPS) is 11.5. The molecule has 140 valence electrons. The fourth-order valence-electron chi connectivity index (χ4n) is 2.37. The lowest BCUT2D eigenvalue weighted by Crippen LogP contribution is -2.30. The lowest BCUT2D eigenvalue weighted by atomic mass is 10.2. The number of halogens is 1. The van der Waals surface area contributed by atoms with E-state index in [2.05, 4.69) is 5.32 Å². The SMILES string of the molecule is C[C@H](OC(=O)c1cc(=O)c2cc(Cl)ccc2o1)C(=O)Nc1ccc(C#N)cc1. The summed E-state index contributed by atoms with van der Waals surface area (Å²) in [6.07, 6.45) is -1.14. The molecule has 1 aromatic heterocycles. The molecule has 1 N–H and O–H groups in total. The van der Waals surface area contributed by atoms with Crippen molar-refractivity contribution < 1.29 is 18.7 Å². The summed E-state index contributed by atoms with van der Waals surface area (Å²) < 4.78 is 10.5. The summed E-state index contributed by atoms with van der Waals surface area (Å²) >= 11 is 5.85. The zero-order valence-corrected chi connectivity index (χ0v) is 15.3. The highest BCUT2D eigenvalue weighted by molar-refractivity contribution is 6.31. The lowest BCUT2D eigenvalue weighted by Gasteiger charge is -2.13. The maximum atomic E-state index is 12.3. The van der Waals surface area contributed by atoms with Gasteiger partial charge in [-0.1, -0.05) is 11.6 Å². The minimum absolute atomic E-state index is 0.179. The number of esters is 1. The summed E-state index contributed by atoms with van der Waals surface area (Å²) in [5.41, 5.74) is 0.620. The number of rotatable bonds is 4. The van der Waals surface area contributed by atoms with Crippen LogP contribution in [0.1, 0.15) is 23.0 Å². The third kappa shape index (κ3) is 4.19. The molecule has 1 atom stereocenters. The van der Waals surface area contributed by atoms with E-state index in [1.54, 1.807) is 24.3 Å². The molecule has 0 unspecified atom stereocenters. The molecule has 0 aliphatic heterocycles. The molecule has 8 heteroatoms. The van der Waals surface area contributed by atoms with Crippen LogP contribution in [0, 0.1) is 11.3 Å². The monoisotopic (exact) mass is 396 g/mol. The maximum Gasteiger partial charge on any atom is 0.375 e. The number of carbonyl (C=O) groups excluding carboxylic acids is 2. The van der Waals surface area contributed by atoms with Crippen LogP contribution < -0.4 is 10.7 Å². The van der Waals surface area contributed by atoms with Crippen LogP contribution >= 0.6 is 11.6 Å². The summed E-state index contributed by atoms with van der Waals surface area (Å²) in [7, 11) is 0. The van der Waals surface area contributed by atoms with Gasteiger partial charge in [0.05, 0.1) is 17.0 Å². The highest BCUT2D eigenvalue weighted by atomic mass is 35.5. The standard InChI is InChI=1S/C20H13ClN2O5/c1-11(19(25)23-14-5-2-12(10-22)3-6-14)27-20(26)18-9-16(24)15-8-13(21)4-7-17(15)28-18/h2-9,11H,1H3,(H,23,25)/t11-/m0/s1. The molecule has 0 aliphatic rings. The average Bonchev–Trinajstić information content (AvgIpc) is 2.68. The lowest BCUT2D eigenvalue weighted by molar-refractivity contribution is -0.123. The van der Waals surface area contributed by atoms with Crippen molar-refractivity contribution in [1.82, 2.24) is 0 Å². The van der Waals surface area contributed by atoms with Crippen molar-refractivity contribution in [3.05, 3.63) is 75.1 Å². The molecule has 0 saturated carbocycles. The molecule has 0 radical (unpaired) electrons. The fourth-order valence-corrected chi connectivity index (χ4v) is 2.55. The maximum absolute atomic E-state index is 12.3. The highest BCUT2D eigenvalue weighted by Crippen LogP contribution is 2.18. The van der Waals surface area contributed by atoms with Crippen LogP contribution in [-0.4, -0.2) is 18.0 Å². The van der Waals surface area contributed by atoms with Gasteiger partial charge in [0, 0.05) is 16.8 Å². The number of nitrogens with zero attached hydrogens (tertiary/aromatic N) is 1. The van der Waals surface area contributed by atoms with E-state index in [1.165, 1.54) is 25.1 Å². The Balaban J connectivity index is 1.72. The van der Waals surface area contributed by atoms with Gasteiger partial charge in [0.25, 0.3) is 5.91 Å². The van der Waals surface area contributed by atoms with Gasteiger partial charge in [0.2, 0.25) is 5.76 Å². The Morgan fingerprint density at radius 3 is 2.57 bits per heavy atom. The van der Waals surface area contributed by atoms with Crippen molar-refractivity contribution >= 4 is 40.1 Å². The Bertz CT molecular complexity index is 1160. The van der Waals surface area contributed by atoms with Crippen LogP contribution in [0.15, 0.2) is 57.7 Å². The number of hydrogen-bond acceptors (Lipinski definition) is 6. The first-order valence-electron chi connectivity index (χ1n) is 8.13. The van der Waals surface area contributed by atoms with Gasteiger partial charge < -0.3 is 14.5 Å². The first-order valence-corrected chi connectivity index (χ1v) is 8.50. The molecule has 28 heavy (non-hydrogen) atoms. The van der Waals surface area contributed by atoms with E-state index in [1.807, 2.05) is 6.07 Å². The van der Waals surface area contributed by atoms with Gasteiger partial charge in [-0.05, 0) is 49.4 Å². The Morgan fingerprint density at radius 2 is 1.89 bits per heavy atom. The molecule has 0 saturated heterocycles. The number of amides is 1. The first-order chi connectivity index (χ1) is 13.4. The second kappa shape index (κ2) is 7.94. The third-order valence-electron chi connectivity index (χ3n) is 3.82. The summed E-state index contributed by atoms with van der Waals surface area (Å²) in [5.74, 6) is -1.85.